The molecule has 2 amide bonds. The maximum atomic E-state index is 12.4. The Balaban J connectivity index is 1.99. The number of carbonyl (C=O) groups is 2. The smallest absolute Gasteiger partial charge is 0.245 e. The van der Waals surface area contributed by atoms with Gasteiger partial charge in [0, 0.05) is 26.6 Å². The van der Waals surface area contributed by atoms with Crippen LogP contribution in [-0.2, 0) is 14.3 Å². The van der Waals surface area contributed by atoms with Gasteiger partial charge in [-0.05, 0) is 24.7 Å². The van der Waals surface area contributed by atoms with Gasteiger partial charge in [-0.2, -0.15) is 0 Å². The SMILES string of the molecule is COCC(C)CN1CCC(=O)NC(C2CC2)C1=O. The summed E-state index contributed by atoms with van der Waals surface area (Å²) in [6.07, 6.45) is 2.52. The molecule has 0 aromatic heterocycles. The van der Waals surface area contributed by atoms with Crippen LogP contribution in [-0.4, -0.2) is 49.6 Å². The van der Waals surface area contributed by atoms with Crippen molar-refractivity contribution in [2.45, 2.75) is 32.2 Å². The van der Waals surface area contributed by atoms with Crippen LogP contribution in [0.5, 0.6) is 0 Å². The quantitative estimate of drug-likeness (QED) is 0.772. The van der Waals surface area contributed by atoms with E-state index in [1.54, 1.807) is 7.11 Å². The molecular formula is C13H22N2O3. The maximum absolute atomic E-state index is 12.4. The van der Waals surface area contributed by atoms with Gasteiger partial charge in [0.05, 0.1) is 6.61 Å². The summed E-state index contributed by atoms with van der Waals surface area (Å²) in [4.78, 5) is 25.8. The van der Waals surface area contributed by atoms with Gasteiger partial charge in [-0.15, -0.1) is 0 Å². The minimum Gasteiger partial charge on any atom is -0.384 e. The fraction of sp³-hybridized carbons (Fsp3) is 0.846. The van der Waals surface area contributed by atoms with Gasteiger partial charge >= 0.3 is 0 Å². The lowest BCUT2D eigenvalue weighted by Crippen LogP contribution is -2.47. The molecule has 1 aliphatic heterocycles. The van der Waals surface area contributed by atoms with Crippen LogP contribution >= 0.6 is 0 Å². The van der Waals surface area contributed by atoms with Crippen molar-refractivity contribution in [3.8, 4) is 0 Å². The zero-order valence-electron chi connectivity index (χ0n) is 11.1. The van der Waals surface area contributed by atoms with E-state index in [9.17, 15) is 9.59 Å². The molecule has 0 radical (unpaired) electrons. The molecule has 18 heavy (non-hydrogen) atoms. The van der Waals surface area contributed by atoms with Crippen LogP contribution in [0.1, 0.15) is 26.2 Å². The van der Waals surface area contributed by atoms with Crippen LogP contribution < -0.4 is 5.32 Å². The topological polar surface area (TPSA) is 58.6 Å². The van der Waals surface area contributed by atoms with Crippen LogP contribution in [0.3, 0.4) is 0 Å². The van der Waals surface area contributed by atoms with Crippen molar-refractivity contribution < 1.29 is 14.3 Å². The fourth-order valence-corrected chi connectivity index (χ4v) is 2.49. The number of hydrogen-bond acceptors (Lipinski definition) is 3. The molecule has 0 bridgehead atoms. The Labute approximate surface area is 108 Å². The van der Waals surface area contributed by atoms with Gasteiger partial charge in [-0.3, -0.25) is 9.59 Å². The maximum Gasteiger partial charge on any atom is 0.245 e. The second-order valence-corrected chi connectivity index (χ2v) is 5.48. The minimum absolute atomic E-state index is 0.00199. The molecule has 1 N–H and O–H groups in total. The van der Waals surface area contributed by atoms with Crippen molar-refractivity contribution >= 4 is 11.8 Å². The summed E-state index contributed by atoms with van der Waals surface area (Å²) in [7, 11) is 1.67. The number of rotatable bonds is 5. The molecule has 2 aliphatic rings. The molecule has 2 fully saturated rings. The number of methoxy groups -OCH3 is 1. The Bertz CT molecular complexity index is 328. The average molecular weight is 254 g/mol. The number of hydrogen-bond donors (Lipinski definition) is 1. The molecule has 2 rings (SSSR count). The molecule has 0 spiro atoms. The number of nitrogens with zero attached hydrogens (tertiary/aromatic N) is 1. The monoisotopic (exact) mass is 254 g/mol. The normalized spacial score (nSPS) is 26.8. The third kappa shape index (κ3) is 3.22. The Hall–Kier alpha value is -1.10. The van der Waals surface area contributed by atoms with E-state index < -0.39 is 0 Å². The van der Waals surface area contributed by atoms with E-state index in [4.69, 9.17) is 4.74 Å². The Kier molecular flexibility index (Phi) is 4.22. The third-order valence-electron chi connectivity index (χ3n) is 3.58. The van der Waals surface area contributed by atoms with Gasteiger partial charge in [0.25, 0.3) is 0 Å². The summed E-state index contributed by atoms with van der Waals surface area (Å²) < 4.78 is 5.10. The Morgan fingerprint density at radius 2 is 2.17 bits per heavy atom. The molecular weight excluding hydrogens is 232 g/mol. The lowest BCUT2D eigenvalue weighted by molar-refractivity contribution is -0.134. The fourth-order valence-electron chi connectivity index (χ4n) is 2.49. The predicted octanol–water partition coefficient (Wildman–Crippen LogP) is 0.396. The highest BCUT2D eigenvalue weighted by molar-refractivity contribution is 5.90. The van der Waals surface area contributed by atoms with Gasteiger partial charge in [0.2, 0.25) is 11.8 Å². The van der Waals surface area contributed by atoms with E-state index in [1.165, 1.54) is 0 Å². The molecule has 2 unspecified atom stereocenters. The van der Waals surface area contributed by atoms with E-state index >= 15 is 0 Å². The van der Waals surface area contributed by atoms with E-state index in [2.05, 4.69) is 12.2 Å². The van der Waals surface area contributed by atoms with Gasteiger partial charge in [-0.1, -0.05) is 6.92 Å². The molecule has 1 aliphatic carbocycles. The van der Waals surface area contributed by atoms with E-state index in [1.807, 2.05) is 4.90 Å². The first-order valence-electron chi connectivity index (χ1n) is 6.69. The van der Waals surface area contributed by atoms with Gasteiger partial charge in [0.15, 0.2) is 0 Å². The first-order chi connectivity index (χ1) is 8.61. The van der Waals surface area contributed by atoms with Crippen molar-refractivity contribution in [3.63, 3.8) is 0 Å². The summed E-state index contributed by atoms with van der Waals surface area (Å²) in [6.45, 7) is 3.90. The molecule has 0 aromatic carbocycles. The highest BCUT2D eigenvalue weighted by Crippen LogP contribution is 2.34. The zero-order chi connectivity index (χ0) is 13.1. The van der Waals surface area contributed by atoms with Crippen molar-refractivity contribution in [1.82, 2.24) is 10.2 Å². The molecule has 102 valence electrons. The molecule has 5 heteroatoms. The first kappa shape index (κ1) is 13.3. The number of ether oxygens (including phenoxy) is 1. The minimum atomic E-state index is -0.283. The number of nitrogens with one attached hydrogen (secondary N) is 1. The van der Waals surface area contributed by atoms with Crippen LogP contribution in [0.15, 0.2) is 0 Å². The van der Waals surface area contributed by atoms with Crippen molar-refractivity contribution in [1.29, 1.82) is 0 Å². The third-order valence-corrected chi connectivity index (χ3v) is 3.58. The van der Waals surface area contributed by atoms with E-state index in [0.717, 1.165) is 12.8 Å². The number of amides is 2. The molecule has 5 nitrogen and oxygen atoms in total. The molecule has 2 atom stereocenters. The van der Waals surface area contributed by atoms with Gasteiger partial charge < -0.3 is 15.0 Å². The second kappa shape index (κ2) is 5.69. The summed E-state index contributed by atoms with van der Waals surface area (Å²) in [5.41, 5.74) is 0. The summed E-state index contributed by atoms with van der Waals surface area (Å²) in [5.74, 6) is 0.750. The van der Waals surface area contributed by atoms with Crippen molar-refractivity contribution in [2.24, 2.45) is 11.8 Å². The molecule has 1 saturated carbocycles. The van der Waals surface area contributed by atoms with Crippen LogP contribution in [0.25, 0.3) is 0 Å². The standard InChI is InChI=1S/C13H22N2O3/c1-9(8-18-2)7-15-6-5-11(16)14-12(13(15)17)10-3-4-10/h9-10,12H,3-8H2,1-2H3,(H,14,16). The molecule has 1 heterocycles. The highest BCUT2D eigenvalue weighted by Gasteiger charge is 2.40. The van der Waals surface area contributed by atoms with Gasteiger partial charge in [-0.25, -0.2) is 0 Å². The van der Waals surface area contributed by atoms with E-state index in [0.29, 0.717) is 38.0 Å². The lowest BCUT2D eigenvalue weighted by atomic mass is 10.1. The molecule has 0 aromatic rings. The largest absolute Gasteiger partial charge is 0.384 e. The summed E-state index contributed by atoms with van der Waals surface area (Å²) in [5, 5.41) is 2.86. The van der Waals surface area contributed by atoms with Crippen molar-refractivity contribution in [3.05, 3.63) is 0 Å². The predicted molar refractivity (Wildman–Crippen MR) is 66.9 cm³/mol. The highest BCUT2D eigenvalue weighted by atomic mass is 16.5. The second-order valence-electron chi connectivity index (χ2n) is 5.48. The van der Waals surface area contributed by atoms with E-state index in [-0.39, 0.29) is 17.9 Å². The Morgan fingerprint density at radius 3 is 2.78 bits per heavy atom. The summed E-state index contributed by atoms with van der Waals surface area (Å²) >= 11 is 0. The van der Waals surface area contributed by atoms with Crippen LogP contribution in [0, 0.1) is 11.8 Å². The first-order valence-corrected chi connectivity index (χ1v) is 6.69. The summed E-state index contributed by atoms with van der Waals surface area (Å²) in [6, 6.07) is -0.283. The van der Waals surface area contributed by atoms with Crippen molar-refractivity contribution in [2.75, 3.05) is 26.8 Å². The Morgan fingerprint density at radius 1 is 1.44 bits per heavy atom. The molecule has 1 saturated heterocycles. The van der Waals surface area contributed by atoms with Crippen LogP contribution in [0.2, 0.25) is 0 Å². The lowest BCUT2D eigenvalue weighted by Gasteiger charge is -2.26. The average Bonchev–Trinajstić information content (AvgIpc) is 3.14. The van der Waals surface area contributed by atoms with Crippen LogP contribution in [0.4, 0.5) is 0 Å². The zero-order valence-corrected chi connectivity index (χ0v) is 11.1. The van der Waals surface area contributed by atoms with Gasteiger partial charge in [0.1, 0.15) is 6.04 Å². The number of carbonyl (C=O) groups excluding carboxylic acids is 2.